The summed E-state index contributed by atoms with van der Waals surface area (Å²) in [5.74, 6) is 0.114. The first-order chi connectivity index (χ1) is 17.9. The highest BCUT2D eigenvalue weighted by Gasteiger charge is 2.43. The van der Waals surface area contributed by atoms with Gasteiger partial charge in [0.2, 0.25) is 0 Å². The zero-order valence-corrected chi connectivity index (χ0v) is 22.0. The van der Waals surface area contributed by atoms with Gasteiger partial charge in [0.25, 0.3) is 0 Å². The number of phenols is 1. The number of aromatic hydroxyl groups is 1. The van der Waals surface area contributed by atoms with E-state index in [1.165, 1.54) is 10.8 Å². The quantitative estimate of drug-likeness (QED) is 0.244. The summed E-state index contributed by atoms with van der Waals surface area (Å²) in [5, 5.41) is 17.7. The van der Waals surface area contributed by atoms with Gasteiger partial charge in [-0.1, -0.05) is 54.1 Å². The Kier molecular flexibility index (Phi) is 5.86. The molecule has 1 aliphatic heterocycles. The SMILES string of the molecule is Cc1cc([C@@H]2[C@@H](c3ccccn3)NC(=S)N2c2cc(Cl)ccc2O)c(C)n1-c1cccc2ccccc12. The molecule has 2 aromatic heterocycles. The predicted molar refractivity (Wildman–Crippen MR) is 154 cm³/mol. The number of rotatable bonds is 4. The predicted octanol–water partition coefficient (Wildman–Crippen LogP) is 7.18. The van der Waals surface area contributed by atoms with Crippen LogP contribution >= 0.6 is 23.8 Å². The third-order valence-electron chi connectivity index (χ3n) is 7.09. The van der Waals surface area contributed by atoms with Crippen LogP contribution in [0.25, 0.3) is 16.5 Å². The van der Waals surface area contributed by atoms with Crippen LogP contribution in [0.15, 0.2) is 91.1 Å². The fraction of sp³-hybridized carbons (Fsp3) is 0.133. The van der Waals surface area contributed by atoms with E-state index in [4.69, 9.17) is 23.8 Å². The van der Waals surface area contributed by atoms with Gasteiger partial charge in [-0.3, -0.25) is 4.98 Å². The van der Waals surface area contributed by atoms with Crippen molar-refractivity contribution in [1.29, 1.82) is 0 Å². The third-order valence-corrected chi connectivity index (χ3v) is 7.64. The standard InChI is InChI=1S/C30H25ClN4OS/c1-18-16-23(19(2)34(18)25-12-7-9-20-8-3-4-10-22(20)25)29-28(24-11-5-6-15-32-24)33-30(37)35(29)26-17-21(31)13-14-27(26)36/h3-17,28-29,36H,1-2H3,(H,33,37)/t28-,29-/m1/s1. The average Bonchev–Trinajstić information content (AvgIpc) is 3.40. The zero-order chi connectivity index (χ0) is 25.7. The molecule has 1 fully saturated rings. The molecule has 0 spiro atoms. The van der Waals surface area contributed by atoms with E-state index in [0.717, 1.165) is 28.3 Å². The van der Waals surface area contributed by atoms with Gasteiger partial charge in [0.15, 0.2) is 5.11 Å². The number of nitrogens with zero attached hydrogens (tertiary/aromatic N) is 3. The second-order valence-electron chi connectivity index (χ2n) is 9.29. The molecule has 2 N–H and O–H groups in total. The number of hydrogen-bond acceptors (Lipinski definition) is 3. The van der Waals surface area contributed by atoms with Crippen LogP contribution in [-0.4, -0.2) is 19.8 Å². The van der Waals surface area contributed by atoms with Crippen LogP contribution < -0.4 is 10.2 Å². The molecule has 1 aliphatic rings. The lowest BCUT2D eigenvalue weighted by Crippen LogP contribution is -2.29. The fourth-order valence-electron chi connectivity index (χ4n) is 5.48. The first-order valence-electron chi connectivity index (χ1n) is 12.1. The Balaban J connectivity index is 1.57. The molecule has 1 saturated heterocycles. The molecule has 2 atom stereocenters. The topological polar surface area (TPSA) is 53.3 Å². The minimum absolute atomic E-state index is 0.114. The summed E-state index contributed by atoms with van der Waals surface area (Å²) in [7, 11) is 0. The first-order valence-corrected chi connectivity index (χ1v) is 12.9. The molecule has 37 heavy (non-hydrogen) atoms. The van der Waals surface area contributed by atoms with E-state index < -0.39 is 0 Å². The van der Waals surface area contributed by atoms with E-state index in [2.05, 4.69) is 77.2 Å². The Morgan fingerprint density at radius 2 is 1.70 bits per heavy atom. The smallest absolute Gasteiger partial charge is 0.174 e. The monoisotopic (exact) mass is 524 g/mol. The number of phenolic OH excluding ortho intramolecular Hbond substituents is 1. The maximum atomic E-state index is 10.9. The van der Waals surface area contributed by atoms with Gasteiger partial charge in [-0.2, -0.15) is 0 Å². The van der Waals surface area contributed by atoms with Crippen molar-refractivity contribution in [3.05, 3.63) is 119 Å². The van der Waals surface area contributed by atoms with Crippen molar-refractivity contribution in [3.63, 3.8) is 0 Å². The first kappa shape index (κ1) is 23.5. The molecular weight excluding hydrogens is 500 g/mol. The number of pyridine rings is 1. The van der Waals surface area contributed by atoms with Gasteiger partial charge in [0, 0.05) is 28.0 Å². The van der Waals surface area contributed by atoms with E-state index >= 15 is 0 Å². The molecule has 5 aromatic rings. The summed E-state index contributed by atoms with van der Waals surface area (Å²) in [4.78, 5) is 6.62. The highest BCUT2D eigenvalue weighted by atomic mass is 35.5. The molecule has 6 rings (SSSR count). The van der Waals surface area contributed by atoms with E-state index in [-0.39, 0.29) is 17.8 Å². The van der Waals surface area contributed by atoms with Gasteiger partial charge in [0.05, 0.1) is 29.2 Å². The average molecular weight is 525 g/mol. The number of aryl methyl sites for hydroxylation is 1. The molecule has 0 unspecified atom stereocenters. The van der Waals surface area contributed by atoms with E-state index in [1.54, 1.807) is 24.4 Å². The molecule has 184 valence electrons. The van der Waals surface area contributed by atoms with Gasteiger partial charge < -0.3 is 19.9 Å². The summed E-state index contributed by atoms with van der Waals surface area (Å²) in [6, 6.07) is 27.4. The van der Waals surface area contributed by atoms with Crippen LogP contribution in [0.5, 0.6) is 5.75 Å². The lowest BCUT2D eigenvalue weighted by molar-refractivity contribution is 0.472. The van der Waals surface area contributed by atoms with Gasteiger partial charge in [-0.25, -0.2) is 0 Å². The van der Waals surface area contributed by atoms with Gasteiger partial charge in [0.1, 0.15) is 5.75 Å². The largest absolute Gasteiger partial charge is 0.506 e. The number of aromatic nitrogens is 2. The lowest BCUT2D eigenvalue weighted by Gasteiger charge is -2.29. The summed E-state index contributed by atoms with van der Waals surface area (Å²) >= 11 is 12.2. The van der Waals surface area contributed by atoms with Crippen molar-refractivity contribution in [1.82, 2.24) is 14.9 Å². The number of fused-ring (bicyclic) bond motifs is 1. The number of thiocarbonyl (C=S) groups is 1. The summed E-state index contributed by atoms with van der Waals surface area (Å²) in [6.07, 6.45) is 1.79. The van der Waals surface area contributed by atoms with Crippen molar-refractivity contribution in [2.75, 3.05) is 4.90 Å². The summed E-state index contributed by atoms with van der Waals surface area (Å²) in [6.45, 7) is 4.26. The molecule has 0 amide bonds. The molecule has 0 bridgehead atoms. The van der Waals surface area contributed by atoms with Crippen molar-refractivity contribution in [3.8, 4) is 11.4 Å². The molecule has 0 radical (unpaired) electrons. The van der Waals surface area contributed by atoms with Gasteiger partial charge >= 0.3 is 0 Å². The van der Waals surface area contributed by atoms with E-state index in [0.29, 0.717) is 15.8 Å². The Hall–Kier alpha value is -3.87. The van der Waals surface area contributed by atoms with Crippen LogP contribution in [0.1, 0.15) is 34.7 Å². The number of hydrogen-bond donors (Lipinski definition) is 2. The van der Waals surface area contributed by atoms with Crippen molar-refractivity contribution in [2.45, 2.75) is 25.9 Å². The normalized spacial score (nSPS) is 17.4. The Morgan fingerprint density at radius 1 is 0.919 bits per heavy atom. The number of halogens is 1. The molecule has 0 aliphatic carbocycles. The Morgan fingerprint density at radius 3 is 2.51 bits per heavy atom. The number of nitrogens with one attached hydrogen (secondary N) is 1. The molecule has 7 heteroatoms. The molecule has 3 heterocycles. The van der Waals surface area contributed by atoms with Crippen molar-refractivity contribution >= 4 is 45.4 Å². The van der Waals surface area contributed by atoms with Crippen molar-refractivity contribution < 1.29 is 5.11 Å². The Bertz CT molecular complexity index is 1640. The minimum Gasteiger partial charge on any atom is -0.506 e. The number of benzene rings is 3. The van der Waals surface area contributed by atoms with Crippen LogP contribution in [0.2, 0.25) is 5.02 Å². The lowest BCUT2D eigenvalue weighted by atomic mass is 9.96. The van der Waals surface area contributed by atoms with E-state index in [1.807, 2.05) is 23.1 Å². The minimum atomic E-state index is -0.262. The highest BCUT2D eigenvalue weighted by Crippen LogP contribution is 2.46. The van der Waals surface area contributed by atoms with Crippen LogP contribution in [0.4, 0.5) is 5.69 Å². The molecule has 3 aromatic carbocycles. The maximum Gasteiger partial charge on any atom is 0.174 e. The second-order valence-corrected chi connectivity index (χ2v) is 10.1. The number of anilines is 1. The Labute approximate surface area is 226 Å². The van der Waals surface area contributed by atoms with E-state index in [9.17, 15) is 5.11 Å². The fourth-order valence-corrected chi connectivity index (χ4v) is 5.99. The zero-order valence-electron chi connectivity index (χ0n) is 20.4. The molecule has 5 nitrogen and oxygen atoms in total. The maximum absolute atomic E-state index is 10.9. The van der Waals surface area contributed by atoms with Crippen LogP contribution in [0.3, 0.4) is 0 Å². The second kappa shape index (κ2) is 9.21. The van der Waals surface area contributed by atoms with Crippen LogP contribution in [0, 0.1) is 13.8 Å². The van der Waals surface area contributed by atoms with Crippen molar-refractivity contribution in [2.24, 2.45) is 0 Å². The summed E-state index contributed by atoms with van der Waals surface area (Å²) < 4.78 is 2.30. The van der Waals surface area contributed by atoms with Gasteiger partial charge in [-0.05, 0) is 79.5 Å². The third kappa shape index (κ3) is 3.93. The highest BCUT2D eigenvalue weighted by molar-refractivity contribution is 7.80. The molecule has 0 saturated carbocycles. The summed E-state index contributed by atoms with van der Waals surface area (Å²) in [5.41, 5.74) is 5.85. The van der Waals surface area contributed by atoms with Crippen LogP contribution in [-0.2, 0) is 0 Å². The van der Waals surface area contributed by atoms with Gasteiger partial charge in [-0.15, -0.1) is 0 Å². The molecular formula is C30H25ClN4OS.